The number of nitrogens with zero attached hydrogens (tertiary/aromatic N) is 1. The van der Waals surface area contributed by atoms with Crippen molar-refractivity contribution < 1.29 is 13.9 Å². The van der Waals surface area contributed by atoms with Crippen molar-refractivity contribution >= 4 is 23.2 Å². The summed E-state index contributed by atoms with van der Waals surface area (Å²) in [5.41, 5.74) is 1.45. The number of ether oxygens (including phenoxy) is 1. The maximum absolute atomic E-state index is 13.7. The molecule has 24 heavy (non-hydrogen) atoms. The normalized spacial score (nSPS) is 12.1. The third-order valence-corrected chi connectivity index (χ3v) is 4.05. The number of halogens is 2. The number of carbonyl (C=O) groups excluding carboxylic acids is 1. The second kappa shape index (κ2) is 8.13. The SMILES string of the molecule is COc1ccc(CN(C)C(C)C(=O)Nc2ccc(Cl)cc2)cc1F. The summed E-state index contributed by atoms with van der Waals surface area (Å²) in [6.07, 6.45) is 0. The first-order valence-electron chi connectivity index (χ1n) is 7.50. The van der Waals surface area contributed by atoms with Crippen molar-refractivity contribution in [1.82, 2.24) is 4.90 Å². The minimum Gasteiger partial charge on any atom is -0.494 e. The number of benzene rings is 2. The molecule has 128 valence electrons. The van der Waals surface area contributed by atoms with Crippen molar-refractivity contribution in [3.8, 4) is 5.75 Å². The van der Waals surface area contributed by atoms with Crippen LogP contribution >= 0.6 is 11.6 Å². The van der Waals surface area contributed by atoms with E-state index in [2.05, 4.69) is 5.32 Å². The number of hydrogen-bond donors (Lipinski definition) is 1. The van der Waals surface area contributed by atoms with Crippen LogP contribution in [0.25, 0.3) is 0 Å². The summed E-state index contributed by atoms with van der Waals surface area (Å²) in [5, 5.41) is 3.44. The zero-order valence-corrected chi connectivity index (χ0v) is 14.6. The smallest absolute Gasteiger partial charge is 0.241 e. The third kappa shape index (κ3) is 4.69. The van der Waals surface area contributed by atoms with Gasteiger partial charge in [0, 0.05) is 17.3 Å². The predicted molar refractivity (Wildman–Crippen MR) is 94.0 cm³/mol. The van der Waals surface area contributed by atoms with Crippen molar-refractivity contribution in [2.45, 2.75) is 19.5 Å². The molecule has 0 aliphatic heterocycles. The van der Waals surface area contributed by atoms with E-state index in [9.17, 15) is 9.18 Å². The van der Waals surface area contributed by atoms with Crippen LogP contribution in [0.5, 0.6) is 5.75 Å². The van der Waals surface area contributed by atoms with Crippen LogP contribution in [0, 0.1) is 5.82 Å². The first kappa shape index (κ1) is 18.2. The number of methoxy groups -OCH3 is 1. The first-order valence-corrected chi connectivity index (χ1v) is 7.87. The Morgan fingerprint density at radius 1 is 1.29 bits per heavy atom. The number of amides is 1. The fourth-order valence-corrected chi connectivity index (χ4v) is 2.34. The number of hydrogen-bond acceptors (Lipinski definition) is 3. The summed E-state index contributed by atoms with van der Waals surface area (Å²) in [5.74, 6) is -0.356. The maximum Gasteiger partial charge on any atom is 0.241 e. The van der Waals surface area contributed by atoms with Gasteiger partial charge in [0.05, 0.1) is 13.2 Å². The zero-order valence-electron chi connectivity index (χ0n) is 13.8. The number of anilines is 1. The lowest BCUT2D eigenvalue weighted by atomic mass is 10.1. The fourth-order valence-electron chi connectivity index (χ4n) is 2.21. The molecule has 1 amide bonds. The molecule has 0 bridgehead atoms. The van der Waals surface area contributed by atoms with Gasteiger partial charge in [-0.25, -0.2) is 4.39 Å². The fraction of sp³-hybridized carbons (Fsp3) is 0.278. The van der Waals surface area contributed by atoms with Crippen LogP contribution in [0.2, 0.25) is 5.02 Å². The van der Waals surface area contributed by atoms with Crippen molar-refractivity contribution in [3.63, 3.8) is 0 Å². The van der Waals surface area contributed by atoms with Gasteiger partial charge in [0.1, 0.15) is 0 Å². The van der Waals surface area contributed by atoms with Gasteiger partial charge in [-0.15, -0.1) is 0 Å². The Labute approximate surface area is 146 Å². The summed E-state index contributed by atoms with van der Waals surface area (Å²) in [7, 11) is 3.24. The second-order valence-electron chi connectivity index (χ2n) is 5.56. The summed E-state index contributed by atoms with van der Waals surface area (Å²) >= 11 is 5.83. The average Bonchev–Trinajstić information content (AvgIpc) is 2.56. The summed E-state index contributed by atoms with van der Waals surface area (Å²) in [4.78, 5) is 14.2. The average molecular weight is 351 g/mol. The number of nitrogens with one attached hydrogen (secondary N) is 1. The monoisotopic (exact) mass is 350 g/mol. The van der Waals surface area contributed by atoms with E-state index in [0.29, 0.717) is 17.3 Å². The molecule has 0 aromatic heterocycles. The Kier molecular flexibility index (Phi) is 6.17. The molecule has 2 aromatic rings. The Hall–Kier alpha value is -2.11. The van der Waals surface area contributed by atoms with Gasteiger partial charge in [0.25, 0.3) is 0 Å². The molecule has 2 rings (SSSR count). The lowest BCUT2D eigenvalue weighted by Crippen LogP contribution is -2.39. The molecule has 0 aliphatic rings. The molecule has 6 heteroatoms. The Morgan fingerprint density at radius 2 is 1.96 bits per heavy atom. The van der Waals surface area contributed by atoms with Gasteiger partial charge >= 0.3 is 0 Å². The van der Waals surface area contributed by atoms with E-state index in [1.807, 2.05) is 11.9 Å². The van der Waals surface area contributed by atoms with Gasteiger partial charge in [-0.05, 0) is 55.9 Å². The largest absolute Gasteiger partial charge is 0.494 e. The Balaban J connectivity index is 1.97. The van der Waals surface area contributed by atoms with Crippen LogP contribution in [-0.2, 0) is 11.3 Å². The molecule has 0 saturated carbocycles. The highest BCUT2D eigenvalue weighted by Crippen LogP contribution is 2.19. The van der Waals surface area contributed by atoms with Crippen molar-refractivity contribution in [2.75, 3.05) is 19.5 Å². The molecule has 0 fully saturated rings. The summed E-state index contributed by atoms with van der Waals surface area (Å²) < 4.78 is 18.7. The van der Waals surface area contributed by atoms with E-state index in [0.717, 1.165) is 5.56 Å². The van der Waals surface area contributed by atoms with Gasteiger partial charge < -0.3 is 10.1 Å². The van der Waals surface area contributed by atoms with Gasteiger partial charge in [0.15, 0.2) is 11.6 Å². The number of carbonyl (C=O) groups is 1. The molecule has 0 saturated heterocycles. The third-order valence-electron chi connectivity index (χ3n) is 3.80. The van der Waals surface area contributed by atoms with Crippen molar-refractivity contribution in [1.29, 1.82) is 0 Å². The topological polar surface area (TPSA) is 41.6 Å². The molecular weight excluding hydrogens is 331 g/mol. The van der Waals surface area contributed by atoms with Crippen LogP contribution in [0.15, 0.2) is 42.5 Å². The van der Waals surface area contributed by atoms with Gasteiger partial charge in [0.2, 0.25) is 5.91 Å². The quantitative estimate of drug-likeness (QED) is 0.857. The van der Waals surface area contributed by atoms with Crippen LogP contribution in [0.1, 0.15) is 12.5 Å². The van der Waals surface area contributed by atoms with Crippen molar-refractivity contribution in [2.24, 2.45) is 0 Å². The van der Waals surface area contributed by atoms with E-state index in [-0.39, 0.29) is 17.7 Å². The molecular formula is C18H20ClFN2O2. The predicted octanol–water partition coefficient (Wildman–Crippen LogP) is 3.95. The zero-order chi connectivity index (χ0) is 17.7. The number of rotatable bonds is 6. The highest BCUT2D eigenvalue weighted by atomic mass is 35.5. The molecule has 1 unspecified atom stereocenters. The van der Waals surface area contributed by atoms with Crippen LogP contribution in [0.4, 0.5) is 10.1 Å². The van der Waals surface area contributed by atoms with Crippen LogP contribution in [0.3, 0.4) is 0 Å². The maximum atomic E-state index is 13.7. The minimum absolute atomic E-state index is 0.145. The van der Waals surface area contributed by atoms with E-state index in [1.54, 1.807) is 43.3 Å². The van der Waals surface area contributed by atoms with Gasteiger partial charge in [-0.3, -0.25) is 9.69 Å². The highest BCUT2D eigenvalue weighted by molar-refractivity contribution is 6.30. The molecule has 2 aromatic carbocycles. The lowest BCUT2D eigenvalue weighted by molar-refractivity contribution is -0.120. The van der Waals surface area contributed by atoms with Crippen LogP contribution < -0.4 is 10.1 Å². The molecule has 0 heterocycles. The minimum atomic E-state index is -0.415. The first-order chi connectivity index (χ1) is 11.4. The Morgan fingerprint density at radius 3 is 2.54 bits per heavy atom. The van der Waals surface area contributed by atoms with Crippen molar-refractivity contribution in [3.05, 3.63) is 58.9 Å². The van der Waals surface area contributed by atoms with Gasteiger partial charge in [-0.2, -0.15) is 0 Å². The van der Waals surface area contributed by atoms with E-state index < -0.39 is 5.82 Å². The van der Waals surface area contributed by atoms with E-state index >= 15 is 0 Å². The highest BCUT2D eigenvalue weighted by Gasteiger charge is 2.18. The van der Waals surface area contributed by atoms with Crippen LogP contribution in [-0.4, -0.2) is 31.0 Å². The summed E-state index contributed by atoms with van der Waals surface area (Å²) in [6, 6.07) is 11.3. The molecule has 0 spiro atoms. The molecule has 4 nitrogen and oxygen atoms in total. The molecule has 1 N–H and O–H groups in total. The lowest BCUT2D eigenvalue weighted by Gasteiger charge is -2.24. The number of likely N-dealkylation sites (N-methyl/N-ethyl adjacent to an activating group) is 1. The van der Waals surface area contributed by atoms with E-state index in [4.69, 9.17) is 16.3 Å². The molecule has 0 aliphatic carbocycles. The second-order valence-corrected chi connectivity index (χ2v) is 5.99. The summed E-state index contributed by atoms with van der Waals surface area (Å²) in [6.45, 7) is 2.24. The Bertz CT molecular complexity index is 707. The van der Waals surface area contributed by atoms with E-state index in [1.165, 1.54) is 13.2 Å². The molecule has 1 atom stereocenters. The molecule has 0 radical (unpaired) electrons. The van der Waals surface area contributed by atoms with Gasteiger partial charge in [-0.1, -0.05) is 17.7 Å². The standard InChI is InChI=1S/C18H20ClFN2O2/c1-12(18(23)21-15-7-5-14(19)6-8-15)22(2)11-13-4-9-17(24-3)16(20)10-13/h4-10,12H,11H2,1-3H3,(H,21,23).